The molecule has 104 valence electrons. The molecule has 20 heavy (non-hydrogen) atoms. The molecule has 0 bridgehead atoms. The van der Waals surface area contributed by atoms with E-state index in [0.29, 0.717) is 18.7 Å². The van der Waals surface area contributed by atoms with Crippen LogP contribution in [0.15, 0.2) is 30.3 Å². The van der Waals surface area contributed by atoms with Gasteiger partial charge in [-0.3, -0.25) is 0 Å². The predicted molar refractivity (Wildman–Crippen MR) is 80.7 cm³/mol. The zero-order valence-electron chi connectivity index (χ0n) is 11.7. The second-order valence-electron chi connectivity index (χ2n) is 4.58. The van der Waals surface area contributed by atoms with E-state index < -0.39 is 0 Å². The average Bonchev–Trinajstić information content (AvgIpc) is 2.50. The van der Waals surface area contributed by atoms with Gasteiger partial charge in [0.15, 0.2) is 0 Å². The van der Waals surface area contributed by atoms with Crippen LogP contribution in [0, 0.1) is 11.3 Å². The fourth-order valence-electron chi connectivity index (χ4n) is 1.96. The molecule has 1 N–H and O–H groups in total. The van der Waals surface area contributed by atoms with Crippen LogP contribution in [0.3, 0.4) is 0 Å². The molecule has 1 aromatic heterocycles. The van der Waals surface area contributed by atoms with E-state index in [2.05, 4.69) is 23.3 Å². The van der Waals surface area contributed by atoms with Crippen LogP contribution < -0.4 is 5.32 Å². The monoisotopic (exact) mass is 269 g/mol. The molecule has 0 spiro atoms. The summed E-state index contributed by atoms with van der Waals surface area (Å²) in [6.45, 7) is 4.28. The summed E-state index contributed by atoms with van der Waals surface area (Å²) in [5.74, 6) is 0.722. The first-order valence-electron chi connectivity index (χ1n) is 6.96. The summed E-state index contributed by atoms with van der Waals surface area (Å²) < 4.78 is 5.48. The summed E-state index contributed by atoms with van der Waals surface area (Å²) >= 11 is 0. The smallest absolute Gasteiger partial charge is 0.128 e. The molecule has 0 unspecified atom stereocenters. The molecule has 4 heteroatoms. The van der Waals surface area contributed by atoms with Gasteiger partial charge in [0.1, 0.15) is 5.82 Å². The maximum atomic E-state index is 9.20. The number of aromatic nitrogens is 1. The zero-order valence-corrected chi connectivity index (χ0v) is 11.7. The molecule has 1 heterocycles. The molecule has 2 aromatic rings. The first kappa shape index (κ1) is 14.3. The van der Waals surface area contributed by atoms with Crippen molar-refractivity contribution in [3.05, 3.63) is 35.9 Å². The van der Waals surface area contributed by atoms with Crippen molar-refractivity contribution >= 4 is 16.7 Å². The first-order chi connectivity index (χ1) is 9.85. The van der Waals surface area contributed by atoms with Crippen LogP contribution in [-0.2, 0) is 4.74 Å². The third kappa shape index (κ3) is 3.69. The molecule has 0 aliphatic carbocycles. The van der Waals surface area contributed by atoms with Crippen molar-refractivity contribution in [1.29, 1.82) is 5.26 Å². The molecule has 0 saturated heterocycles. The molecule has 0 saturated carbocycles. The second-order valence-corrected chi connectivity index (χ2v) is 4.58. The molecule has 4 nitrogen and oxygen atoms in total. The molecule has 0 amide bonds. The fraction of sp³-hybridized carbons (Fsp3) is 0.375. The van der Waals surface area contributed by atoms with Crippen LogP contribution in [0.2, 0.25) is 0 Å². The van der Waals surface area contributed by atoms with Gasteiger partial charge in [0, 0.05) is 18.5 Å². The maximum absolute atomic E-state index is 9.20. The highest BCUT2D eigenvalue weighted by atomic mass is 16.5. The van der Waals surface area contributed by atoms with Crippen LogP contribution in [0.25, 0.3) is 10.9 Å². The molecule has 1 aromatic carbocycles. The van der Waals surface area contributed by atoms with Crippen molar-refractivity contribution in [1.82, 2.24) is 4.98 Å². The van der Waals surface area contributed by atoms with Crippen LogP contribution in [0.4, 0.5) is 5.82 Å². The van der Waals surface area contributed by atoms with E-state index in [1.165, 1.54) is 0 Å². The van der Waals surface area contributed by atoms with E-state index in [9.17, 15) is 5.26 Å². The zero-order chi connectivity index (χ0) is 14.2. The lowest BCUT2D eigenvalue weighted by Crippen LogP contribution is -2.11. The van der Waals surface area contributed by atoms with Crippen molar-refractivity contribution in [3.63, 3.8) is 0 Å². The first-order valence-corrected chi connectivity index (χ1v) is 6.96. The molecular weight excluding hydrogens is 250 g/mol. The highest BCUT2D eigenvalue weighted by Crippen LogP contribution is 2.19. The number of nitriles is 1. The van der Waals surface area contributed by atoms with Gasteiger partial charge >= 0.3 is 0 Å². The SMILES string of the molecule is CCCCOCCNc1cc(C#N)c2ccccc2n1. The Balaban J connectivity index is 1.99. The lowest BCUT2D eigenvalue weighted by Gasteiger charge is -2.08. The molecule has 2 rings (SSSR count). The van der Waals surface area contributed by atoms with Crippen molar-refractivity contribution < 1.29 is 4.74 Å². The van der Waals surface area contributed by atoms with E-state index in [-0.39, 0.29) is 0 Å². The molecule has 0 atom stereocenters. The second kappa shape index (κ2) is 7.46. The predicted octanol–water partition coefficient (Wildman–Crippen LogP) is 3.34. The Bertz CT molecular complexity index is 604. The number of rotatable bonds is 7. The summed E-state index contributed by atoms with van der Waals surface area (Å²) in [4.78, 5) is 4.50. The fourth-order valence-corrected chi connectivity index (χ4v) is 1.96. The van der Waals surface area contributed by atoms with Gasteiger partial charge in [-0.2, -0.15) is 5.26 Å². The van der Waals surface area contributed by atoms with Crippen molar-refractivity contribution in [2.45, 2.75) is 19.8 Å². The topological polar surface area (TPSA) is 57.9 Å². The molecule has 0 radical (unpaired) electrons. The maximum Gasteiger partial charge on any atom is 0.128 e. The number of unbranched alkanes of at least 4 members (excludes halogenated alkanes) is 1. The lowest BCUT2D eigenvalue weighted by molar-refractivity contribution is 0.141. The van der Waals surface area contributed by atoms with Crippen molar-refractivity contribution in [3.8, 4) is 6.07 Å². The number of nitrogens with one attached hydrogen (secondary N) is 1. The quantitative estimate of drug-likeness (QED) is 0.783. The van der Waals surface area contributed by atoms with Crippen LogP contribution in [0.5, 0.6) is 0 Å². The molecule has 0 fully saturated rings. The normalized spacial score (nSPS) is 10.4. The van der Waals surface area contributed by atoms with Gasteiger partial charge in [0.2, 0.25) is 0 Å². The number of ether oxygens (including phenoxy) is 1. The van der Waals surface area contributed by atoms with Crippen LogP contribution in [0.1, 0.15) is 25.3 Å². The number of anilines is 1. The largest absolute Gasteiger partial charge is 0.380 e. The van der Waals surface area contributed by atoms with Gasteiger partial charge in [0.25, 0.3) is 0 Å². The minimum absolute atomic E-state index is 0.644. The summed E-state index contributed by atoms with van der Waals surface area (Å²) in [5.41, 5.74) is 1.48. The number of hydrogen-bond acceptors (Lipinski definition) is 4. The van der Waals surface area contributed by atoms with E-state index in [4.69, 9.17) is 4.74 Å². The number of benzene rings is 1. The lowest BCUT2D eigenvalue weighted by atomic mass is 10.1. The van der Waals surface area contributed by atoms with Gasteiger partial charge in [-0.1, -0.05) is 31.5 Å². The van der Waals surface area contributed by atoms with Gasteiger partial charge < -0.3 is 10.1 Å². The Kier molecular flexibility index (Phi) is 5.33. The minimum Gasteiger partial charge on any atom is -0.380 e. The van der Waals surface area contributed by atoms with E-state index in [1.807, 2.05) is 24.3 Å². The Morgan fingerprint density at radius 2 is 2.15 bits per heavy atom. The summed E-state index contributed by atoms with van der Waals surface area (Å²) in [6.07, 6.45) is 2.23. The average molecular weight is 269 g/mol. The number of nitrogens with zero attached hydrogens (tertiary/aromatic N) is 2. The van der Waals surface area contributed by atoms with Gasteiger partial charge in [-0.05, 0) is 18.6 Å². The van der Waals surface area contributed by atoms with E-state index in [0.717, 1.165) is 36.2 Å². The standard InChI is InChI=1S/C16H19N3O/c1-2-3-9-20-10-8-18-16-11-13(12-17)14-6-4-5-7-15(14)19-16/h4-7,11H,2-3,8-10H2,1H3,(H,18,19). The number of fused-ring (bicyclic) bond motifs is 1. The minimum atomic E-state index is 0.644. The third-order valence-electron chi connectivity index (χ3n) is 3.03. The number of para-hydroxylation sites is 1. The molecule has 0 aliphatic rings. The highest BCUT2D eigenvalue weighted by Gasteiger charge is 2.04. The third-order valence-corrected chi connectivity index (χ3v) is 3.03. The Hall–Kier alpha value is -2.12. The Labute approximate surface area is 119 Å². The van der Waals surface area contributed by atoms with E-state index >= 15 is 0 Å². The summed E-state index contributed by atoms with van der Waals surface area (Å²) in [5, 5.41) is 13.3. The number of pyridine rings is 1. The van der Waals surface area contributed by atoms with Crippen molar-refractivity contribution in [2.24, 2.45) is 0 Å². The van der Waals surface area contributed by atoms with E-state index in [1.54, 1.807) is 6.07 Å². The van der Waals surface area contributed by atoms with Gasteiger partial charge in [0.05, 0.1) is 23.8 Å². The molecule has 0 aliphatic heterocycles. The van der Waals surface area contributed by atoms with Gasteiger partial charge in [-0.25, -0.2) is 4.98 Å². The summed E-state index contributed by atoms with van der Waals surface area (Å²) in [7, 11) is 0. The summed E-state index contributed by atoms with van der Waals surface area (Å²) in [6, 6.07) is 11.7. The molecular formula is C16H19N3O. The highest BCUT2D eigenvalue weighted by molar-refractivity contribution is 5.86. The number of hydrogen-bond donors (Lipinski definition) is 1. The van der Waals surface area contributed by atoms with Gasteiger partial charge in [-0.15, -0.1) is 0 Å². The van der Waals surface area contributed by atoms with Crippen LogP contribution in [-0.4, -0.2) is 24.7 Å². The Morgan fingerprint density at radius 1 is 1.30 bits per heavy atom. The van der Waals surface area contributed by atoms with Crippen molar-refractivity contribution in [2.75, 3.05) is 25.1 Å². The Morgan fingerprint density at radius 3 is 2.95 bits per heavy atom. The van der Waals surface area contributed by atoms with Crippen LogP contribution >= 0.6 is 0 Å².